The zero-order chi connectivity index (χ0) is 20.9. The Kier molecular flexibility index (Phi) is 4.62. The number of carbonyl (C=O) groups is 1. The molecule has 3 aromatic rings. The van der Waals surface area contributed by atoms with Crippen molar-refractivity contribution >= 4 is 16.9 Å². The van der Waals surface area contributed by atoms with Crippen molar-refractivity contribution in [3.8, 4) is 16.9 Å². The lowest BCUT2D eigenvalue weighted by atomic mass is 9.97. The summed E-state index contributed by atoms with van der Waals surface area (Å²) in [5.41, 5.74) is 2.52. The van der Waals surface area contributed by atoms with Gasteiger partial charge in [0.15, 0.2) is 5.75 Å². The topological polar surface area (TPSA) is 71.8 Å². The smallest absolute Gasteiger partial charge is 0.341 e. The van der Waals surface area contributed by atoms with Gasteiger partial charge in [-0.15, -0.1) is 0 Å². The molecule has 0 aliphatic carbocycles. The minimum absolute atomic E-state index is 0.00857. The Hall–Kier alpha value is -3.19. The molecule has 150 valence electrons. The van der Waals surface area contributed by atoms with E-state index in [0.717, 1.165) is 24.7 Å². The Labute approximate surface area is 166 Å². The van der Waals surface area contributed by atoms with Gasteiger partial charge in [-0.05, 0) is 42.8 Å². The number of nitrogens with zero attached hydrogens (tertiary/aromatic N) is 2. The molecule has 0 unspecified atom stereocenters. The molecular weight excluding hydrogens is 375 g/mol. The summed E-state index contributed by atoms with van der Waals surface area (Å²) < 4.78 is 22.4. The molecule has 1 aliphatic heterocycles. The van der Waals surface area contributed by atoms with E-state index < -0.39 is 22.8 Å². The number of carboxylic acids is 1. The van der Waals surface area contributed by atoms with Crippen molar-refractivity contribution in [3.05, 3.63) is 63.2 Å². The quantitative estimate of drug-likeness (QED) is 0.731. The number of aryl methyl sites for hydroxylation is 1. The molecule has 1 aliphatic rings. The first kappa shape index (κ1) is 19.1. The number of hydrogen-bond donors (Lipinski definition) is 1. The summed E-state index contributed by atoms with van der Waals surface area (Å²) in [6, 6.07) is 6.90. The fraction of sp³-hybridized carbons (Fsp3) is 0.273. The number of carboxylic acid groups (broad SMARTS) is 1. The summed E-state index contributed by atoms with van der Waals surface area (Å²) in [6.45, 7) is 3.85. The zero-order valence-electron chi connectivity index (χ0n) is 16.5. The van der Waals surface area contributed by atoms with E-state index in [4.69, 9.17) is 4.74 Å². The van der Waals surface area contributed by atoms with E-state index in [1.165, 1.54) is 18.9 Å². The molecular formula is C22H21FN2O4. The van der Waals surface area contributed by atoms with Crippen molar-refractivity contribution in [1.29, 1.82) is 0 Å². The number of methoxy groups -OCH3 is 1. The number of aromatic carboxylic acids is 1. The monoisotopic (exact) mass is 396 g/mol. The van der Waals surface area contributed by atoms with Gasteiger partial charge in [0.2, 0.25) is 5.43 Å². The molecule has 4 rings (SSSR count). The predicted molar refractivity (Wildman–Crippen MR) is 108 cm³/mol. The van der Waals surface area contributed by atoms with Crippen LogP contribution in [0.15, 0.2) is 35.3 Å². The van der Waals surface area contributed by atoms with Gasteiger partial charge in [-0.3, -0.25) is 9.69 Å². The van der Waals surface area contributed by atoms with Crippen LogP contribution in [0.3, 0.4) is 0 Å². The molecule has 2 aromatic carbocycles. The van der Waals surface area contributed by atoms with Crippen LogP contribution in [0.1, 0.15) is 28.4 Å². The maximum atomic E-state index is 15.2. The van der Waals surface area contributed by atoms with E-state index in [1.54, 1.807) is 4.57 Å². The summed E-state index contributed by atoms with van der Waals surface area (Å²) in [5.74, 6) is -1.74. The van der Waals surface area contributed by atoms with Crippen molar-refractivity contribution in [2.45, 2.75) is 26.6 Å². The van der Waals surface area contributed by atoms with Crippen LogP contribution in [0.25, 0.3) is 22.0 Å². The number of hydrogen-bond acceptors (Lipinski definition) is 4. The van der Waals surface area contributed by atoms with E-state index in [1.807, 2.05) is 32.2 Å². The first-order valence-corrected chi connectivity index (χ1v) is 9.33. The molecule has 7 heteroatoms. The Bertz CT molecular complexity index is 1220. The van der Waals surface area contributed by atoms with E-state index in [-0.39, 0.29) is 16.7 Å². The summed E-state index contributed by atoms with van der Waals surface area (Å²) in [7, 11) is 3.45. The average molecular weight is 396 g/mol. The maximum absolute atomic E-state index is 15.2. The van der Waals surface area contributed by atoms with Gasteiger partial charge in [0.05, 0.1) is 23.6 Å². The molecule has 0 fully saturated rings. The van der Waals surface area contributed by atoms with Gasteiger partial charge in [0.1, 0.15) is 11.4 Å². The average Bonchev–Trinajstić information content (AvgIpc) is 3.06. The first-order valence-electron chi connectivity index (χ1n) is 9.33. The van der Waals surface area contributed by atoms with E-state index in [9.17, 15) is 14.7 Å². The van der Waals surface area contributed by atoms with Crippen molar-refractivity contribution in [2.75, 3.05) is 14.2 Å². The van der Waals surface area contributed by atoms with Gasteiger partial charge in [-0.1, -0.05) is 12.1 Å². The Morgan fingerprint density at radius 3 is 2.62 bits per heavy atom. The lowest BCUT2D eigenvalue weighted by Gasteiger charge is -2.18. The molecule has 0 bridgehead atoms. The van der Waals surface area contributed by atoms with Crippen LogP contribution in [0, 0.1) is 5.82 Å². The number of aromatic nitrogens is 1. The second kappa shape index (κ2) is 7.00. The second-order valence-electron chi connectivity index (χ2n) is 7.28. The summed E-state index contributed by atoms with van der Waals surface area (Å²) in [5, 5.41) is 9.33. The van der Waals surface area contributed by atoms with Gasteiger partial charge in [0.25, 0.3) is 0 Å². The fourth-order valence-corrected chi connectivity index (χ4v) is 4.09. The molecule has 29 heavy (non-hydrogen) atoms. The number of benzene rings is 2. The summed E-state index contributed by atoms with van der Waals surface area (Å²) in [6.07, 6.45) is 1.29. The maximum Gasteiger partial charge on any atom is 0.341 e. The molecule has 0 saturated heterocycles. The predicted octanol–water partition coefficient (Wildman–Crippen LogP) is 3.48. The van der Waals surface area contributed by atoms with Crippen LogP contribution in [0.2, 0.25) is 0 Å². The molecule has 0 spiro atoms. The van der Waals surface area contributed by atoms with E-state index in [2.05, 4.69) is 4.90 Å². The second-order valence-corrected chi connectivity index (χ2v) is 7.28. The number of pyridine rings is 1. The molecule has 1 aromatic heterocycles. The number of rotatable bonds is 4. The third-order valence-corrected chi connectivity index (χ3v) is 5.42. The minimum Gasteiger partial charge on any atom is -0.494 e. The highest BCUT2D eigenvalue weighted by Crippen LogP contribution is 2.40. The first-order chi connectivity index (χ1) is 13.8. The Morgan fingerprint density at radius 1 is 1.24 bits per heavy atom. The Balaban J connectivity index is 2.06. The summed E-state index contributed by atoms with van der Waals surface area (Å²) >= 11 is 0. The molecule has 2 heterocycles. The lowest BCUT2D eigenvalue weighted by molar-refractivity contribution is 0.0695. The highest BCUT2D eigenvalue weighted by Gasteiger charge is 2.24. The Morgan fingerprint density at radius 2 is 1.97 bits per heavy atom. The fourth-order valence-electron chi connectivity index (χ4n) is 4.09. The van der Waals surface area contributed by atoms with E-state index in [0.29, 0.717) is 17.6 Å². The van der Waals surface area contributed by atoms with Crippen molar-refractivity contribution in [3.63, 3.8) is 0 Å². The highest BCUT2D eigenvalue weighted by atomic mass is 19.1. The van der Waals surface area contributed by atoms with Gasteiger partial charge in [-0.2, -0.15) is 0 Å². The summed E-state index contributed by atoms with van der Waals surface area (Å²) in [4.78, 5) is 26.3. The van der Waals surface area contributed by atoms with Gasteiger partial charge in [-0.25, -0.2) is 9.18 Å². The van der Waals surface area contributed by atoms with Crippen LogP contribution in [-0.2, 0) is 19.6 Å². The van der Waals surface area contributed by atoms with Crippen LogP contribution >= 0.6 is 0 Å². The third kappa shape index (κ3) is 2.98. The van der Waals surface area contributed by atoms with Crippen molar-refractivity contribution in [2.24, 2.45) is 0 Å². The van der Waals surface area contributed by atoms with Crippen LogP contribution in [0.5, 0.6) is 5.75 Å². The van der Waals surface area contributed by atoms with E-state index >= 15 is 4.39 Å². The molecule has 0 saturated carbocycles. The van der Waals surface area contributed by atoms with Crippen LogP contribution < -0.4 is 10.2 Å². The largest absolute Gasteiger partial charge is 0.494 e. The highest BCUT2D eigenvalue weighted by molar-refractivity contribution is 5.97. The molecule has 0 atom stereocenters. The standard InChI is InChI=1S/C22H21FN2O4/c1-4-25-11-16(22(27)28)20(26)15-8-17(23)18(21(29-3)19(15)25)12-5-6-13-9-24(2)10-14(13)7-12/h5-8,11H,4,9-10H2,1-3H3,(H,27,28). The molecule has 1 N–H and O–H groups in total. The van der Waals surface area contributed by atoms with Crippen LogP contribution in [0.4, 0.5) is 4.39 Å². The SMILES string of the molecule is CCn1cc(C(=O)O)c(=O)c2cc(F)c(-c3ccc4c(c3)CN(C)C4)c(OC)c21. The van der Waals surface area contributed by atoms with Gasteiger partial charge in [0, 0.05) is 25.8 Å². The van der Waals surface area contributed by atoms with Gasteiger partial charge < -0.3 is 14.4 Å². The van der Waals surface area contributed by atoms with Crippen molar-refractivity contribution in [1.82, 2.24) is 9.47 Å². The third-order valence-electron chi connectivity index (χ3n) is 5.42. The normalized spacial score (nSPS) is 13.7. The number of halogens is 1. The molecule has 0 radical (unpaired) electrons. The van der Waals surface area contributed by atoms with Crippen LogP contribution in [-0.4, -0.2) is 34.7 Å². The van der Waals surface area contributed by atoms with Crippen molar-refractivity contribution < 1.29 is 19.0 Å². The molecule has 0 amide bonds. The number of ether oxygens (including phenoxy) is 1. The minimum atomic E-state index is -1.34. The lowest BCUT2D eigenvalue weighted by Crippen LogP contribution is -2.19. The zero-order valence-corrected chi connectivity index (χ0v) is 16.5. The number of fused-ring (bicyclic) bond motifs is 2. The van der Waals surface area contributed by atoms with Gasteiger partial charge >= 0.3 is 5.97 Å². The molecule has 6 nitrogen and oxygen atoms in total.